The monoisotopic (exact) mass is 345 g/mol. The van der Waals surface area contributed by atoms with E-state index in [1.54, 1.807) is 12.1 Å². The number of nitrogens with zero attached hydrogens (tertiary/aromatic N) is 1. The van der Waals surface area contributed by atoms with Crippen molar-refractivity contribution < 1.29 is 4.74 Å². The van der Waals surface area contributed by atoms with E-state index in [4.69, 9.17) is 15.7 Å². The molecule has 0 heterocycles. The zero-order valence-electron chi connectivity index (χ0n) is 11.9. The molecule has 0 saturated carbocycles. The van der Waals surface area contributed by atoms with E-state index in [2.05, 4.69) is 27.3 Å². The number of benzene rings is 2. The lowest BCUT2D eigenvalue weighted by molar-refractivity contribution is 0.244. The second-order valence-corrected chi connectivity index (χ2v) is 5.67. The summed E-state index contributed by atoms with van der Waals surface area (Å²) in [7, 11) is 0. The Morgan fingerprint density at radius 3 is 2.62 bits per heavy atom. The molecule has 2 aromatic rings. The van der Waals surface area contributed by atoms with Gasteiger partial charge in [-0.3, -0.25) is 0 Å². The molecule has 0 radical (unpaired) electrons. The van der Waals surface area contributed by atoms with Gasteiger partial charge in [0.1, 0.15) is 5.75 Å². The molecule has 0 aromatic heterocycles. The lowest BCUT2D eigenvalue weighted by atomic mass is 10.2. The molecule has 0 unspecified atom stereocenters. The van der Waals surface area contributed by atoms with Crippen molar-refractivity contribution in [3.05, 3.63) is 46.4 Å². The summed E-state index contributed by atoms with van der Waals surface area (Å²) < 4.78 is 6.47. The Balaban J connectivity index is 2.30. The third-order valence-corrected chi connectivity index (χ3v) is 3.45. The second-order valence-electron chi connectivity index (χ2n) is 4.82. The van der Waals surface area contributed by atoms with Crippen molar-refractivity contribution >= 4 is 33.0 Å². The predicted octanol–water partition coefficient (Wildman–Crippen LogP) is 4.43. The van der Waals surface area contributed by atoms with Crippen LogP contribution in [-0.2, 0) is 0 Å². The minimum Gasteiger partial charge on any atom is -0.489 e. The molecule has 0 amide bonds. The SMILES string of the molecule is CC(C)Oc1cccc(Nc2ccc(C#N)cc2Br)c1N. The maximum absolute atomic E-state index is 8.88. The van der Waals surface area contributed by atoms with Gasteiger partial charge in [-0.05, 0) is 60.1 Å². The van der Waals surface area contributed by atoms with Crippen molar-refractivity contribution in [3.8, 4) is 11.8 Å². The van der Waals surface area contributed by atoms with E-state index < -0.39 is 0 Å². The van der Waals surface area contributed by atoms with Crippen molar-refractivity contribution in [2.45, 2.75) is 20.0 Å². The highest BCUT2D eigenvalue weighted by molar-refractivity contribution is 9.10. The molecular weight excluding hydrogens is 330 g/mol. The molecule has 0 bridgehead atoms. The van der Waals surface area contributed by atoms with Gasteiger partial charge in [-0.15, -0.1) is 0 Å². The molecule has 0 spiro atoms. The van der Waals surface area contributed by atoms with Crippen molar-refractivity contribution in [2.24, 2.45) is 0 Å². The van der Waals surface area contributed by atoms with E-state index in [1.165, 1.54) is 0 Å². The molecule has 21 heavy (non-hydrogen) atoms. The molecule has 0 aliphatic rings. The van der Waals surface area contributed by atoms with Crippen molar-refractivity contribution in [1.29, 1.82) is 5.26 Å². The molecule has 108 valence electrons. The minimum absolute atomic E-state index is 0.0594. The van der Waals surface area contributed by atoms with E-state index in [1.807, 2.05) is 38.1 Å². The summed E-state index contributed by atoms with van der Waals surface area (Å²) in [5, 5.41) is 12.1. The van der Waals surface area contributed by atoms with Crippen LogP contribution in [0.5, 0.6) is 5.75 Å². The number of anilines is 3. The maximum Gasteiger partial charge on any atom is 0.144 e. The average Bonchev–Trinajstić information content (AvgIpc) is 2.44. The first kappa shape index (κ1) is 15.2. The maximum atomic E-state index is 8.88. The van der Waals surface area contributed by atoms with Gasteiger partial charge >= 0.3 is 0 Å². The molecule has 0 atom stereocenters. The topological polar surface area (TPSA) is 71.1 Å². The summed E-state index contributed by atoms with van der Waals surface area (Å²) in [6.07, 6.45) is 0.0594. The summed E-state index contributed by atoms with van der Waals surface area (Å²) in [5.41, 5.74) is 8.88. The van der Waals surface area contributed by atoms with Gasteiger partial charge in [-0.2, -0.15) is 5.26 Å². The van der Waals surface area contributed by atoms with Gasteiger partial charge in [0.2, 0.25) is 0 Å². The van der Waals surface area contributed by atoms with Crippen LogP contribution in [0.15, 0.2) is 40.9 Å². The van der Waals surface area contributed by atoms with Crippen LogP contribution < -0.4 is 15.8 Å². The number of nitrogen functional groups attached to an aromatic ring is 1. The lowest BCUT2D eigenvalue weighted by Crippen LogP contribution is -2.08. The Morgan fingerprint density at radius 1 is 1.24 bits per heavy atom. The van der Waals surface area contributed by atoms with E-state index >= 15 is 0 Å². The molecule has 2 rings (SSSR count). The van der Waals surface area contributed by atoms with Gasteiger partial charge in [-0.25, -0.2) is 0 Å². The van der Waals surface area contributed by atoms with Gasteiger partial charge in [0.25, 0.3) is 0 Å². The number of hydrogen-bond acceptors (Lipinski definition) is 4. The van der Waals surface area contributed by atoms with Gasteiger partial charge in [0.15, 0.2) is 0 Å². The highest BCUT2D eigenvalue weighted by Crippen LogP contribution is 2.34. The van der Waals surface area contributed by atoms with Crippen molar-refractivity contribution in [2.75, 3.05) is 11.1 Å². The molecule has 0 saturated heterocycles. The van der Waals surface area contributed by atoms with Crippen molar-refractivity contribution in [3.63, 3.8) is 0 Å². The van der Waals surface area contributed by atoms with Crippen molar-refractivity contribution in [1.82, 2.24) is 0 Å². The first-order valence-electron chi connectivity index (χ1n) is 6.53. The third-order valence-electron chi connectivity index (χ3n) is 2.80. The number of halogens is 1. The highest BCUT2D eigenvalue weighted by Gasteiger charge is 2.09. The first-order chi connectivity index (χ1) is 10.0. The van der Waals surface area contributed by atoms with E-state index in [0.29, 0.717) is 17.0 Å². The fourth-order valence-corrected chi connectivity index (χ4v) is 2.32. The van der Waals surface area contributed by atoms with E-state index in [-0.39, 0.29) is 6.10 Å². The Hall–Kier alpha value is -2.19. The average molecular weight is 346 g/mol. The zero-order valence-corrected chi connectivity index (χ0v) is 13.4. The van der Waals surface area contributed by atoms with Crippen LogP contribution >= 0.6 is 15.9 Å². The Labute approximate surface area is 132 Å². The Bertz CT molecular complexity index is 692. The Morgan fingerprint density at radius 2 is 2.00 bits per heavy atom. The first-order valence-corrected chi connectivity index (χ1v) is 7.32. The molecule has 3 N–H and O–H groups in total. The van der Waals surface area contributed by atoms with Crippen LogP contribution in [0, 0.1) is 11.3 Å². The number of nitriles is 1. The molecule has 0 fully saturated rings. The summed E-state index contributed by atoms with van der Waals surface area (Å²) in [4.78, 5) is 0. The summed E-state index contributed by atoms with van der Waals surface area (Å²) in [6.45, 7) is 3.91. The number of nitrogens with two attached hydrogens (primary N) is 1. The normalized spacial score (nSPS) is 10.2. The molecule has 4 nitrogen and oxygen atoms in total. The fraction of sp³-hybridized carbons (Fsp3) is 0.188. The number of rotatable bonds is 4. The third kappa shape index (κ3) is 3.67. The quantitative estimate of drug-likeness (QED) is 0.803. The van der Waals surface area contributed by atoms with Crippen LogP contribution in [0.3, 0.4) is 0 Å². The standard InChI is InChI=1S/C16H16BrN3O/c1-10(2)21-15-5-3-4-14(16(15)19)20-13-7-6-11(9-18)8-12(13)17/h3-8,10,20H,19H2,1-2H3. The van der Waals surface area contributed by atoms with E-state index in [0.717, 1.165) is 15.8 Å². The highest BCUT2D eigenvalue weighted by atomic mass is 79.9. The predicted molar refractivity (Wildman–Crippen MR) is 88.8 cm³/mol. The molecule has 2 aromatic carbocycles. The van der Waals surface area contributed by atoms with Crippen LogP contribution in [0.25, 0.3) is 0 Å². The largest absolute Gasteiger partial charge is 0.489 e. The smallest absolute Gasteiger partial charge is 0.144 e. The van der Waals surface area contributed by atoms with Crippen LogP contribution in [0.2, 0.25) is 0 Å². The number of hydrogen-bond donors (Lipinski definition) is 2. The van der Waals surface area contributed by atoms with Crippen LogP contribution in [0.1, 0.15) is 19.4 Å². The van der Waals surface area contributed by atoms with Gasteiger partial charge in [-0.1, -0.05) is 6.07 Å². The number of para-hydroxylation sites is 1. The second kappa shape index (κ2) is 6.51. The summed E-state index contributed by atoms with van der Waals surface area (Å²) in [5.74, 6) is 0.653. The minimum atomic E-state index is 0.0594. The van der Waals surface area contributed by atoms with Gasteiger partial charge in [0, 0.05) is 4.47 Å². The van der Waals surface area contributed by atoms with Gasteiger partial charge in [0.05, 0.1) is 34.8 Å². The zero-order chi connectivity index (χ0) is 15.4. The number of nitrogens with one attached hydrogen (secondary N) is 1. The summed E-state index contributed by atoms with van der Waals surface area (Å²) >= 11 is 3.44. The molecule has 0 aliphatic carbocycles. The van der Waals surface area contributed by atoms with Crippen LogP contribution in [0.4, 0.5) is 17.1 Å². The Kier molecular flexibility index (Phi) is 4.71. The van der Waals surface area contributed by atoms with E-state index in [9.17, 15) is 0 Å². The van der Waals surface area contributed by atoms with Gasteiger partial charge < -0.3 is 15.8 Å². The summed E-state index contributed by atoms with van der Waals surface area (Å²) in [6, 6.07) is 13.0. The molecular formula is C16H16BrN3O. The molecule has 5 heteroatoms. The number of ether oxygens (including phenoxy) is 1. The van der Waals surface area contributed by atoms with Crippen LogP contribution in [-0.4, -0.2) is 6.10 Å². The molecule has 0 aliphatic heterocycles. The lowest BCUT2D eigenvalue weighted by Gasteiger charge is -2.16. The fourth-order valence-electron chi connectivity index (χ4n) is 1.84.